The Hall–Kier alpha value is 0.177. The fourth-order valence-corrected chi connectivity index (χ4v) is 3.95. The van der Waals surface area contributed by atoms with Crippen LogP contribution >= 0.6 is 0 Å². The first-order valence-corrected chi connectivity index (χ1v) is 6.91. The summed E-state index contributed by atoms with van der Waals surface area (Å²) in [5.74, 6) is 0. The second kappa shape index (κ2) is 5.76. The maximum Gasteiger partial charge on any atom is 0.181 e. The Balaban J connectivity index is 3.68. The van der Waals surface area contributed by atoms with Crippen LogP contribution in [0, 0.1) is 0 Å². The van der Waals surface area contributed by atoms with E-state index < -0.39 is 9.04 Å². The van der Waals surface area contributed by atoms with Crippen molar-refractivity contribution in [2.75, 3.05) is 7.11 Å². The van der Waals surface area contributed by atoms with Gasteiger partial charge in [0.1, 0.15) is 0 Å². The van der Waals surface area contributed by atoms with E-state index in [4.69, 9.17) is 4.43 Å². The molecule has 74 valence electrons. The van der Waals surface area contributed by atoms with Gasteiger partial charge in [-0.05, 0) is 11.1 Å². The van der Waals surface area contributed by atoms with Crippen LogP contribution in [0.15, 0.2) is 0 Å². The van der Waals surface area contributed by atoms with Crippen LogP contribution in [0.2, 0.25) is 11.1 Å². The second-order valence-corrected chi connectivity index (χ2v) is 8.34. The Morgan fingerprint density at radius 2 is 1.75 bits per heavy atom. The molecule has 0 aromatic heterocycles. The molecule has 0 radical (unpaired) electrons. The lowest BCUT2D eigenvalue weighted by Gasteiger charge is -2.27. The molecule has 1 unspecified atom stereocenters. The highest BCUT2D eigenvalue weighted by Crippen LogP contribution is 2.30. The Labute approximate surface area is 79.2 Å². The summed E-state index contributed by atoms with van der Waals surface area (Å²) in [4.78, 5) is 0. The zero-order valence-corrected chi connectivity index (χ0v) is 10.5. The number of hydrogen-bond acceptors (Lipinski definition) is 1. The summed E-state index contributed by atoms with van der Waals surface area (Å²) in [7, 11) is 0.950. The summed E-state index contributed by atoms with van der Waals surface area (Å²) in [6, 6.07) is 1.34. The zero-order valence-electron chi connectivity index (χ0n) is 9.31. The first-order chi connectivity index (χ1) is 5.52. The average molecular weight is 188 g/mol. The predicted molar refractivity (Wildman–Crippen MR) is 58.2 cm³/mol. The van der Waals surface area contributed by atoms with Crippen molar-refractivity contribution in [2.45, 2.75) is 58.0 Å². The molecule has 0 saturated carbocycles. The molecule has 12 heavy (non-hydrogen) atoms. The van der Waals surface area contributed by atoms with E-state index in [1.807, 2.05) is 7.11 Å². The Kier molecular flexibility index (Phi) is 5.84. The number of hydrogen-bond donors (Lipinski definition) is 0. The van der Waals surface area contributed by atoms with Crippen LogP contribution in [0.3, 0.4) is 0 Å². The third-order valence-electron chi connectivity index (χ3n) is 2.32. The summed E-state index contributed by atoms with van der Waals surface area (Å²) in [5.41, 5.74) is 0. The minimum absolute atomic E-state index is 0.433. The smallest absolute Gasteiger partial charge is 0.181 e. The van der Waals surface area contributed by atoms with Crippen LogP contribution < -0.4 is 0 Å². The first-order valence-electron chi connectivity index (χ1n) is 5.05. The summed E-state index contributed by atoms with van der Waals surface area (Å²) < 4.78 is 5.60. The molecule has 1 atom stereocenters. The Morgan fingerprint density at radius 1 is 1.17 bits per heavy atom. The first kappa shape index (κ1) is 12.2. The molecular weight excluding hydrogens is 164 g/mol. The minimum atomic E-state index is -0.933. The molecule has 0 bridgehead atoms. The van der Waals surface area contributed by atoms with E-state index in [1.54, 1.807) is 0 Å². The van der Waals surface area contributed by atoms with Gasteiger partial charge < -0.3 is 4.43 Å². The lowest BCUT2D eigenvalue weighted by molar-refractivity contribution is 0.387. The van der Waals surface area contributed by atoms with Crippen LogP contribution in [-0.2, 0) is 4.43 Å². The number of rotatable bonds is 5. The monoisotopic (exact) mass is 188 g/mol. The van der Waals surface area contributed by atoms with E-state index in [-0.39, 0.29) is 0 Å². The van der Waals surface area contributed by atoms with E-state index >= 15 is 0 Å². The van der Waals surface area contributed by atoms with E-state index in [2.05, 4.69) is 27.7 Å². The van der Waals surface area contributed by atoms with Gasteiger partial charge in [-0.1, -0.05) is 47.0 Å². The van der Waals surface area contributed by atoms with Gasteiger partial charge >= 0.3 is 0 Å². The summed E-state index contributed by atoms with van der Waals surface area (Å²) in [6.07, 6.45) is 4.04. The highest BCUT2D eigenvalue weighted by Gasteiger charge is 2.25. The van der Waals surface area contributed by atoms with Crippen LogP contribution in [0.5, 0.6) is 0 Å². The van der Waals surface area contributed by atoms with Crippen molar-refractivity contribution in [1.82, 2.24) is 0 Å². The minimum Gasteiger partial charge on any atom is -0.423 e. The molecular formula is C10H24OSi. The molecule has 0 heterocycles. The van der Waals surface area contributed by atoms with Gasteiger partial charge in [0.2, 0.25) is 0 Å². The zero-order chi connectivity index (χ0) is 9.61. The maximum absolute atomic E-state index is 5.60. The lowest BCUT2D eigenvalue weighted by Crippen LogP contribution is -2.27. The molecule has 0 aromatic rings. The van der Waals surface area contributed by atoms with Crippen molar-refractivity contribution in [3.05, 3.63) is 0 Å². The van der Waals surface area contributed by atoms with E-state index in [1.165, 1.54) is 25.3 Å². The second-order valence-electron chi connectivity index (χ2n) is 4.59. The van der Waals surface area contributed by atoms with Crippen molar-refractivity contribution in [1.29, 1.82) is 0 Å². The third-order valence-corrected chi connectivity index (χ3v) is 5.75. The third kappa shape index (κ3) is 4.94. The summed E-state index contributed by atoms with van der Waals surface area (Å²) in [6.45, 7) is 9.17. The topological polar surface area (TPSA) is 9.23 Å². The van der Waals surface area contributed by atoms with E-state index in [0.717, 1.165) is 0 Å². The van der Waals surface area contributed by atoms with Crippen molar-refractivity contribution < 1.29 is 4.43 Å². The quantitative estimate of drug-likeness (QED) is 0.475. The molecule has 0 aliphatic rings. The predicted octanol–water partition coefficient (Wildman–Crippen LogP) is 3.35. The molecule has 0 N–H and O–H groups in total. The maximum atomic E-state index is 5.60. The summed E-state index contributed by atoms with van der Waals surface area (Å²) in [5, 5.41) is 0.433. The SMILES string of the molecule is CCCCC[SiH](OC)C(C)(C)C. The molecule has 0 aliphatic carbocycles. The normalized spacial score (nSPS) is 14.8. The van der Waals surface area contributed by atoms with Crippen LogP contribution in [-0.4, -0.2) is 16.2 Å². The molecule has 1 nitrogen and oxygen atoms in total. The molecule has 0 amide bonds. The molecule has 0 spiro atoms. The van der Waals surface area contributed by atoms with Crippen molar-refractivity contribution >= 4 is 9.04 Å². The summed E-state index contributed by atoms with van der Waals surface area (Å²) >= 11 is 0. The molecule has 0 aromatic carbocycles. The van der Waals surface area contributed by atoms with Crippen LogP contribution in [0.4, 0.5) is 0 Å². The van der Waals surface area contributed by atoms with Crippen molar-refractivity contribution in [3.8, 4) is 0 Å². The van der Waals surface area contributed by atoms with Crippen molar-refractivity contribution in [3.63, 3.8) is 0 Å². The van der Waals surface area contributed by atoms with Crippen LogP contribution in [0.25, 0.3) is 0 Å². The fraction of sp³-hybridized carbons (Fsp3) is 1.00. The van der Waals surface area contributed by atoms with E-state index in [0.29, 0.717) is 5.04 Å². The van der Waals surface area contributed by atoms with Gasteiger partial charge in [0, 0.05) is 7.11 Å². The molecule has 0 fully saturated rings. The molecule has 0 rings (SSSR count). The van der Waals surface area contributed by atoms with Gasteiger partial charge in [-0.25, -0.2) is 0 Å². The number of unbranched alkanes of at least 4 members (excludes halogenated alkanes) is 2. The highest BCUT2D eigenvalue weighted by atomic mass is 28.3. The van der Waals surface area contributed by atoms with Gasteiger partial charge in [0.25, 0.3) is 0 Å². The van der Waals surface area contributed by atoms with Gasteiger partial charge in [-0.3, -0.25) is 0 Å². The van der Waals surface area contributed by atoms with Gasteiger partial charge in [0.15, 0.2) is 9.04 Å². The van der Waals surface area contributed by atoms with Gasteiger partial charge in [-0.2, -0.15) is 0 Å². The lowest BCUT2D eigenvalue weighted by atomic mass is 10.2. The van der Waals surface area contributed by atoms with E-state index in [9.17, 15) is 0 Å². The fourth-order valence-electron chi connectivity index (χ4n) is 1.48. The van der Waals surface area contributed by atoms with Crippen molar-refractivity contribution in [2.24, 2.45) is 0 Å². The standard InChI is InChI=1S/C10H24OSi/c1-6-7-8-9-12(11-5)10(2,3)4/h12H,6-9H2,1-5H3. The van der Waals surface area contributed by atoms with Gasteiger partial charge in [-0.15, -0.1) is 0 Å². The molecule has 0 saturated heterocycles. The Morgan fingerprint density at radius 3 is 2.08 bits per heavy atom. The Bertz CT molecular complexity index is 107. The highest BCUT2D eigenvalue weighted by molar-refractivity contribution is 6.55. The average Bonchev–Trinajstić information content (AvgIpc) is 1.95. The largest absolute Gasteiger partial charge is 0.423 e. The van der Waals surface area contributed by atoms with Crippen LogP contribution in [0.1, 0.15) is 47.0 Å². The van der Waals surface area contributed by atoms with Gasteiger partial charge in [0.05, 0.1) is 0 Å². The molecule has 0 aliphatic heterocycles. The molecule has 2 heteroatoms.